The first-order valence-corrected chi connectivity index (χ1v) is 2.19. The van der Waals surface area contributed by atoms with Crippen molar-refractivity contribution in [3.63, 3.8) is 0 Å². The van der Waals surface area contributed by atoms with E-state index >= 15 is 0 Å². The van der Waals surface area contributed by atoms with E-state index < -0.39 is 7.82 Å². The molecule has 0 unspecified atom stereocenters. The van der Waals surface area contributed by atoms with Crippen molar-refractivity contribution < 1.29 is 35.7 Å². The van der Waals surface area contributed by atoms with Gasteiger partial charge in [0.1, 0.15) is 0 Å². The van der Waals surface area contributed by atoms with Gasteiger partial charge in [0.2, 0.25) is 0 Å². The van der Waals surface area contributed by atoms with Gasteiger partial charge in [-0.25, -0.2) is 0 Å². The Kier molecular flexibility index (Phi) is 68.7. The van der Waals surface area contributed by atoms with Gasteiger partial charge in [-0.15, -0.1) is 0 Å². The van der Waals surface area contributed by atoms with Crippen LogP contribution in [0.25, 0.3) is 0 Å². The van der Waals surface area contributed by atoms with Crippen LogP contribution in [-0.4, -0.2) is 91.9 Å². The molecule has 0 aromatic carbocycles. The van der Waals surface area contributed by atoms with E-state index in [9.17, 15) is 0 Å². The maximum atomic E-state index is 8.55. The van der Waals surface area contributed by atoms with Crippen LogP contribution in [-0.2, 0) is 4.57 Å². The van der Waals surface area contributed by atoms with Gasteiger partial charge in [-0.05, 0) is 0 Å². The Labute approximate surface area is 117 Å². The predicted molar refractivity (Wildman–Crippen MR) is 28.3 cm³/mol. The van der Waals surface area contributed by atoms with Crippen LogP contribution in [0.5, 0.6) is 0 Å². The van der Waals surface area contributed by atoms with Gasteiger partial charge in [-0.1, -0.05) is 0 Å². The third kappa shape index (κ3) is 151. The molecule has 0 heterocycles. The van der Waals surface area contributed by atoms with Gasteiger partial charge >= 0.3 is 75.5 Å². The minimum Gasteiger partial charge on any atom is -0.870 e. The zero-order chi connectivity index (χ0) is 4.50. The maximum absolute atomic E-state index is 8.55. The van der Waals surface area contributed by atoms with Crippen molar-refractivity contribution in [2.24, 2.45) is 0 Å². The number of hydrogen-bond acceptors (Lipinski definition) is 5. The van der Waals surface area contributed by atoms with E-state index in [4.69, 9.17) is 19.2 Å². The summed E-state index contributed by atoms with van der Waals surface area (Å²) in [5, 5.41) is 0. The summed E-state index contributed by atoms with van der Waals surface area (Å²) in [7, 11) is -5.39. The van der Waals surface area contributed by atoms with Crippen LogP contribution in [0.2, 0.25) is 0 Å². The van der Waals surface area contributed by atoms with E-state index in [0.717, 1.165) is 0 Å². The summed E-state index contributed by atoms with van der Waals surface area (Å²) in [5.74, 6) is 0. The largest absolute Gasteiger partial charge is 2.00 e. The first-order valence-electron chi connectivity index (χ1n) is 0.730. The Morgan fingerprint density at radius 1 is 0.900 bits per heavy atom. The van der Waals surface area contributed by atoms with Crippen molar-refractivity contribution in [1.82, 2.24) is 0 Å². The van der Waals surface area contributed by atoms with Crippen molar-refractivity contribution in [3.05, 3.63) is 0 Å². The fourth-order valence-corrected chi connectivity index (χ4v) is 0. The minimum atomic E-state index is -5.39. The van der Waals surface area contributed by atoms with E-state index in [1.807, 2.05) is 0 Å². The summed E-state index contributed by atoms with van der Waals surface area (Å²) in [4.78, 5) is 25.6. The first kappa shape index (κ1) is 39.1. The van der Waals surface area contributed by atoms with Gasteiger partial charge in [0.15, 0.2) is 0 Å². The van der Waals surface area contributed by atoms with Crippen LogP contribution in [0.15, 0.2) is 0 Å². The number of rotatable bonds is 0. The minimum absolute atomic E-state index is 0. The standard InChI is InChI=1S/2Ca.H3O4P.3H2O/c;;1-5(2,3)4;;;/h;;(H3,1,2,3,4);3*1H2/q2*+2;;;;/p-4. The second kappa shape index (κ2) is 17.6. The molecule has 7 nitrogen and oxygen atoms in total. The van der Waals surface area contributed by atoms with Crippen LogP contribution in [0, 0.1) is 0 Å². The van der Waals surface area contributed by atoms with E-state index in [-0.39, 0.29) is 91.9 Å². The summed E-state index contributed by atoms with van der Waals surface area (Å²) in [6.07, 6.45) is 0. The molecule has 0 aromatic heterocycles. The predicted octanol–water partition coefficient (Wildman–Crippen LogP) is -5.41. The van der Waals surface area contributed by atoms with E-state index in [0.29, 0.717) is 0 Å². The van der Waals surface area contributed by atoms with Crippen LogP contribution >= 0.6 is 7.82 Å². The molecule has 0 aliphatic heterocycles. The monoisotopic (exact) mass is 228 g/mol. The summed E-state index contributed by atoms with van der Waals surface area (Å²) in [6, 6.07) is 0. The van der Waals surface area contributed by atoms with Crippen LogP contribution in [0.1, 0.15) is 0 Å². The Morgan fingerprint density at radius 2 is 0.900 bits per heavy atom. The maximum Gasteiger partial charge on any atom is 2.00 e. The zero-order valence-corrected chi connectivity index (χ0v) is 10.3. The van der Waals surface area contributed by atoms with Crippen molar-refractivity contribution in [2.45, 2.75) is 0 Å². The summed E-state index contributed by atoms with van der Waals surface area (Å²) in [5.41, 5.74) is 0. The molecule has 0 radical (unpaired) electrons. The molecule has 5 N–H and O–H groups in total. The molecule has 0 amide bonds. The molecule has 56 valence electrons. The summed E-state index contributed by atoms with van der Waals surface area (Å²) < 4.78 is 8.55. The van der Waals surface area contributed by atoms with E-state index in [1.165, 1.54) is 0 Å². The van der Waals surface area contributed by atoms with Gasteiger partial charge in [-0.2, -0.15) is 7.82 Å². The Hall–Kier alpha value is 2.51. The molecule has 0 bridgehead atoms. The molecule has 10 heavy (non-hydrogen) atoms. The Morgan fingerprint density at radius 3 is 0.900 bits per heavy atom. The molecular weight excluding hydrogens is 223 g/mol. The van der Waals surface area contributed by atoms with Crippen molar-refractivity contribution in [1.29, 1.82) is 0 Å². The first-order chi connectivity index (χ1) is 2.00. The zero-order valence-electron chi connectivity index (χ0n) is 4.94. The van der Waals surface area contributed by atoms with Gasteiger partial charge < -0.3 is 35.7 Å². The fourth-order valence-electron chi connectivity index (χ4n) is 0. The van der Waals surface area contributed by atoms with Crippen molar-refractivity contribution in [2.75, 3.05) is 0 Å². The number of hydrogen-bond donors (Lipinski definition) is 0. The SMILES string of the molecule is O.O.O=P([O-])([O-])[O-].[Ca+2].[Ca+2].[OH-]. The molecule has 0 aromatic rings. The Balaban J connectivity index is -0.00000000800. The molecule has 0 spiro atoms. The van der Waals surface area contributed by atoms with Gasteiger partial charge in [0, 0.05) is 0 Å². The molecule has 0 atom stereocenters. The fraction of sp³-hybridized carbons (Fsp3) is 0. The van der Waals surface area contributed by atoms with Crippen LogP contribution in [0.4, 0.5) is 0 Å². The quantitative estimate of drug-likeness (QED) is 0.295. The third-order valence-corrected chi connectivity index (χ3v) is 0. The van der Waals surface area contributed by atoms with Gasteiger partial charge in [0.25, 0.3) is 0 Å². The molecule has 0 saturated carbocycles. The molecule has 0 saturated heterocycles. The number of phosphoric acid groups is 1. The van der Waals surface area contributed by atoms with E-state index in [2.05, 4.69) is 0 Å². The topological polar surface area (TPSA) is 179 Å². The molecular formula is H5Ca2O7P. The summed E-state index contributed by atoms with van der Waals surface area (Å²) in [6.45, 7) is 0. The average Bonchev–Trinajstić information content (AvgIpc) is 0.722. The third-order valence-electron chi connectivity index (χ3n) is 0. The Bertz CT molecular complexity index is 57.7. The molecule has 0 rings (SSSR count). The molecule has 0 fully saturated rings. The van der Waals surface area contributed by atoms with Crippen molar-refractivity contribution in [3.8, 4) is 0 Å². The van der Waals surface area contributed by atoms with Gasteiger partial charge in [-0.3, -0.25) is 0 Å². The smallest absolute Gasteiger partial charge is 0.870 e. The van der Waals surface area contributed by atoms with E-state index in [1.54, 1.807) is 0 Å². The van der Waals surface area contributed by atoms with Crippen LogP contribution in [0.3, 0.4) is 0 Å². The molecule has 0 aliphatic carbocycles. The molecule has 0 aliphatic rings. The second-order valence-electron chi connectivity index (χ2n) is 0.447. The average molecular weight is 228 g/mol. The van der Waals surface area contributed by atoms with Gasteiger partial charge in [0.05, 0.1) is 0 Å². The normalized spacial score (nSPS) is 5.90. The van der Waals surface area contributed by atoms with Crippen LogP contribution < -0.4 is 14.7 Å². The second-order valence-corrected chi connectivity index (χ2v) is 1.34. The van der Waals surface area contributed by atoms with Crippen molar-refractivity contribution >= 4 is 83.3 Å². The summed E-state index contributed by atoms with van der Waals surface area (Å²) >= 11 is 0. The molecule has 10 heteroatoms.